The van der Waals surface area contributed by atoms with E-state index < -0.39 is 0 Å². The number of anilines is 1. The molecule has 176 valence electrons. The Balaban J connectivity index is 1.74. The van der Waals surface area contributed by atoms with E-state index in [-0.39, 0.29) is 5.91 Å². The number of nitrogens with zero attached hydrogens (tertiary/aromatic N) is 3. The summed E-state index contributed by atoms with van der Waals surface area (Å²) in [6.07, 6.45) is 1.62. The molecule has 7 nitrogen and oxygen atoms in total. The van der Waals surface area contributed by atoms with Gasteiger partial charge in [0.15, 0.2) is 17.1 Å². The number of carbonyl (C=O) groups excluding carboxylic acids is 1. The van der Waals surface area contributed by atoms with E-state index in [0.717, 1.165) is 39.3 Å². The second-order valence-electron chi connectivity index (χ2n) is 8.25. The third-order valence-electron chi connectivity index (χ3n) is 5.78. The first-order valence-electron chi connectivity index (χ1n) is 11.5. The molecule has 0 aliphatic heterocycles. The third kappa shape index (κ3) is 4.33. The normalized spacial score (nSPS) is 11.0. The van der Waals surface area contributed by atoms with Crippen LogP contribution >= 0.6 is 0 Å². The van der Waals surface area contributed by atoms with Crippen molar-refractivity contribution in [2.45, 2.75) is 41.5 Å². The molecule has 0 aliphatic rings. The van der Waals surface area contributed by atoms with Crippen LogP contribution in [0.3, 0.4) is 0 Å². The first-order valence-corrected chi connectivity index (χ1v) is 11.5. The van der Waals surface area contributed by atoms with Crippen molar-refractivity contribution in [1.29, 1.82) is 0 Å². The maximum atomic E-state index is 13.1. The molecule has 7 heteroatoms. The fourth-order valence-corrected chi connectivity index (χ4v) is 4.03. The first-order chi connectivity index (χ1) is 16.3. The Bertz CT molecular complexity index is 1370. The molecule has 1 amide bonds. The Kier molecular flexibility index (Phi) is 6.54. The molecule has 0 atom stereocenters. The van der Waals surface area contributed by atoms with Crippen molar-refractivity contribution < 1.29 is 14.3 Å². The Morgan fingerprint density at radius 3 is 2.44 bits per heavy atom. The van der Waals surface area contributed by atoms with E-state index in [1.165, 1.54) is 0 Å². The average Bonchev–Trinajstić information content (AvgIpc) is 3.15. The van der Waals surface area contributed by atoms with Gasteiger partial charge < -0.3 is 14.8 Å². The lowest BCUT2D eigenvalue weighted by molar-refractivity contribution is 0.102. The minimum Gasteiger partial charge on any atom is -0.490 e. The van der Waals surface area contributed by atoms with Crippen molar-refractivity contribution in [3.05, 3.63) is 70.7 Å². The second kappa shape index (κ2) is 9.55. The number of benzene rings is 2. The lowest BCUT2D eigenvalue weighted by Gasteiger charge is -2.13. The van der Waals surface area contributed by atoms with Crippen LogP contribution in [0.1, 0.15) is 46.7 Å². The summed E-state index contributed by atoms with van der Waals surface area (Å²) >= 11 is 0. The van der Waals surface area contributed by atoms with E-state index >= 15 is 0 Å². The van der Waals surface area contributed by atoms with Crippen LogP contribution in [-0.2, 0) is 0 Å². The molecule has 4 rings (SSSR count). The van der Waals surface area contributed by atoms with Gasteiger partial charge in [-0.15, -0.1) is 0 Å². The summed E-state index contributed by atoms with van der Waals surface area (Å²) in [5.41, 5.74) is 7.40. The Hall–Kier alpha value is -3.87. The lowest BCUT2D eigenvalue weighted by Crippen LogP contribution is -2.16. The highest BCUT2D eigenvalue weighted by molar-refractivity contribution is 6.05. The number of rotatable bonds is 7. The van der Waals surface area contributed by atoms with E-state index in [4.69, 9.17) is 14.6 Å². The molecule has 2 aromatic heterocycles. The van der Waals surface area contributed by atoms with Gasteiger partial charge in [-0.05, 0) is 76.4 Å². The minimum atomic E-state index is -0.213. The van der Waals surface area contributed by atoms with Gasteiger partial charge >= 0.3 is 0 Å². The first kappa shape index (κ1) is 23.3. The highest BCUT2D eigenvalue weighted by Crippen LogP contribution is 2.36. The van der Waals surface area contributed by atoms with Crippen LogP contribution in [0.4, 0.5) is 5.69 Å². The molecule has 0 saturated heterocycles. The largest absolute Gasteiger partial charge is 0.490 e. The van der Waals surface area contributed by atoms with Crippen LogP contribution in [0.5, 0.6) is 11.5 Å². The molecule has 4 aromatic rings. The summed E-state index contributed by atoms with van der Waals surface area (Å²) in [6.45, 7) is 12.8. The fourth-order valence-electron chi connectivity index (χ4n) is 4.03. The zero-order valence-corrected chi connectivity index (χ0v) is 20.5. The maximum absolute atomic E-state index is 13.1. The number of aromatic nitrogens is 3. The summed E-state index contributed by atoms with van der Waals surface area (Å²) in [7, 11) is 0. The monoisotopic (exact) mass is 458 g/mol. The van der Waals surface area contributed by atoms with Gasteiger partial charge in [0.2, 0.25) is 0 Å². The molecule has 0 aliphatic carbocycles. The Labute approximate surface area is 199 Å². The minimum absolute atomic E-state index is 0.213. The van der Waals surface area contributed by atoms with E-state index in [1.54, 1.807) is 10.7 Å². The summed E-state index contributed by atoms with van der Waals surface area (Å²) in [4.78, 5) is 17.7. The van der Waals surface area contributed by atoms with E-state index in [2.05, 4.69) is 10.3 Å². The van der Waals surface area contributed by atoms with Crippen LogP contribution in [-0.4, -0.2) is 33.7 Å². The second-order valence-corrected chi connectivity index (χ2v) is 8.25. The van der Waals surface area contributed by atoms with Gasteiger partial charge in [-0.3, -0.25) is 4.79 Å². The Morgan fingerprint density at radius 1 is 0.971 bits per heavy atom. The number of amides is 1. The van der Waals surface area contributed by atoms with Gasteiger partial charge in [0, 0.05) is 17.4 Å². The lowest BCUT2D eigenvalue weighted by atomic mass is 10.1. The molecule has 0 saturated carbocycles. The molecule has 0 fully saturated rings. The molecule has 1 N–H and O–H groups in total. The summed E-state index contributed by atoms with van der Waals surface area (Å²) in [5, 5.41) is 7.72. The quantitative estimate of drug-likeness (QED) is 0.386. The molecule has 2 aromatic carbocycles. The summed E-state index contributed by atoms with van der Waals surface area (Å²) in [6, 6.07) is 11.8. The van der Waals surface area contributed by atoms with Crippen LogP contribution in [0.2, 0.25) is 0 Å². The number of hydrogen-bond donors (Lipinski definition) is 1. The van der Waals surface area contributed by atoms with Crippen LogP contribution in [0.25, 0.3) is 16.8 Å². The van der Waals surface area contributed by atoms with Crippen LogP contribution in [0.15, 0.2) is 42.6 Å². The third-order valence-corrected chi connectivity index (χ3v) is 5.78. The predicted molar refractivity (Wildman–Crippen MR) is 134 cm³/mol. The van der Waals surface area contributed by atoms with Gasteiger partial charge in [0.25, 0.3) is 5.91 Å². The molecule has 0 spiro atoms. The fraction of sp³-hybridized carbons (Fsp3) is 0.296. The molecule has 0 radical (unpaired) electrons. The SMILES string of the molecule is CCOc1ccc(-c2c(C)nn3c(C)c(C(=O)Nc4cc(C)ccc4C)cnc23)cc1OCC. The highest BCUT2D eigenvalue weighted by atomic mass is 16.5. The van der Waals surface area contributed by atoms with Gasteiger partial charge in [-0.1, -0.05) is 18.2 Å². The van der Waals surface area contributed by atoms with Crippen LogP contribution in [0, 0.1) is 27.7 Å². The molecule has 0 unspecified atom stereocenters. The van der Waals surface area contributed by atoms with Gasteiger partial charge in [0.1, 0.15) is 0 Å². The van der Waals surface area contributed by atoms with Crippen molar-refractivity contribution >= 4 is 17.2 Å². The Morgan fingerprint density at radius 2 is 1.71 bits per heavy atom. The highest BCUT2D eigenvalue weighted by Gasteiger charge is 2.20. The standard InChI is InChI=1S/C27H30N4O3/c1-7-33-23-12-11-20(14-24(23)34-8-2)25-18(5)30-31-19(6)21(15-28-26(25)31)27(32)29-22-13-16(3)9-10-17(22)4/h9-15H,7-8H2,1-6H3,(H,29,32). The number of nitrogens with one attached hydrogen (secondary N) is 1. The van der Waals surface area contributed by atoms with E-state index in [0.29, 0.717) is 35.9 Å². The summed E-state index contributed by atoms with van der Waals surface area (Å²) in [5.74, 6) is 1.17. The molecule has 34 heavy (non-hydrogen) atoms. The van der Waals surface area contributed by atoms with Crippen molar-refractivity contribution in [3.63, 3.8) is 0 Å². The molecular formula is C27H30N4O3. The van der Waals surface area contributed by atoms with Crippen molar-refractivity contribution in [1.82, 2.24) is 14.6 Å². The van der Waals surface area contributed by atoms with Crippen molar-refractivity contribution in [2.75, 3.05) is 18.5 Å². The maximum Gasteiger partial charge on any atom is 0.259 e. The predicted octanol–water partition coefficient (Wildman–Crippen LogP) is 5.68. The number of carbonyl (C=O) groups is 1. The number of aryl methyl sites for hydroxylation is 4. The van der Waals surface area contributed by atoms with Crippen molar-refractivity contribution in [2.24, 2.45) is 0 Å². The topological polar surface area (TPSA) is 77.8 Å². The van der Waals surface area contributed by atoms with Crippen LogP contribution < -0.4 is 14.8 Å². The average molecular weight is 459 g/mol. The number of ether oxygens (including phenoxy) is 2. The number of fused-ring (bicyclic) bond motifs is 1. The van der Waals surface area contributed by atoms with E-state index in [1.807, 2.05) is 77.9 Å². The van der Waals surface area contributed by atoms with Crippen molar-refractivity contribution in [3.8, 4) is 22.6 Å². The van der Waals surface area contributed by atoms with Gasteiger partial charge in [-0.25, -0.2) is 9.50 Å². The molecule has 2 heterocycles. The van der Waals surface area contributed by atoms with Gasteiger partial charge in [-0.2, -0.15) is 5.10 Å². The molecular weight excluding hydrogens is 428 g/mol. The van der Waals surface area contributed by atoms with Gasteiger partial charge in [0.05, 0.1) is 30.2 Å². The van der Waals surface area contributed by atoms with E-state index in [9.17, 15) is 4.79 Å². The molecule has 0 bridgehead atoms. The zero-order chi connectivity index (χ0) is 24.4. The number of hydrogen-bond acceptors (Lipinski definition) is 5. The zero-order valence-electron chi connectivity index (χ0n) is 20.5. The smallest absolute Gasteiger partial charge is 0.259 e. The summed E-state index contributed by atoms with van der Waals surface area (Å²) < 4.78 is 13.2.